The minimum absolute atomic E-state index is 0.00810. The third-order valence-corrected chi connectivity index (χ3v) is 3.12. The largest absolute Gasteiger partial charge is 0.507 e. The lowest BCUT2D eigenvalue weighted by Gasteiger charge is -2.09. The number of hydrazone groups is 1. The summed E-state index contributed by atoms with van der Waals surface area (Å²) in [6, 6.07) is 9.45. The van der Waals surface area contributed by atoms with E-state index in [4.69, 9.17) is 0 Å². The van der Waals surface area contributed by atoms with Crippen LogP contribution in [0.25, 0.3) is 0 Å². The second-order valence-corrected chi connectivity index (χ2v) is 4.76. The highest BCUT2D eigenvalue weighted by molar-refractivity contribution is 5.97. The summed E-state index contributed by atoms with van der Waals surface area (Å²) in [5.41, 5.74) is 1.57. The van der Waals surface area contributed by atoms with E-state index in [9.17, 15) is 23.1 Å². The Bertz CT molecular complexity index is 755. The zero-order chi connectivity index (χ0) is 17.0. The van der Waals surface area contributed by atoms with Gasteiger partial charge in [0.05, 0.1) is 17.3 Å². The maximum atomic E-state index is 12.8. The Kier molecular flexibility index (Phi) is 4.68. The van der Waals surface area contributed by atoms with Gasteiger partial charge in [0.15, 0.2) is 0 Å². The van der Waals surface area contributed by atoms with Crippen molar-refractivity contribution in [1.82, 2.24) is 5.43 Å². The first kappa shape index (κ1) is 16.5. The fourth-order valence-electron chi connectivity index (χ4n) is 1.93. The Hall–Kier alpha value is -2.83. The standard InChI is InChI=1S/C16H13F3N2O2/c1-10-5-4-7-12(14(10)22)15(23)21-20-9-11-6-2-3-8-13(11)16(17,18)19/h2-9,22H,1H3,(H,21,23)/b20-9+. The monoisotopic (exact) mass is 322 g/mol. The maximum Gasteiger partial charge on any atom is 0.417 e. The molecule has 1 amide bonds. The van der Waals surface area contributed by atoms with Crippen molar-refractivity contribution in [1.29, 1.82) is 0 Å². The molecule has 0 bridgehead atoms. The predicted octanol–water partition coefficient (Wildman–Crippen LogP) is 3.48. The number of carbonyl (C=O) groups is 1. The summed E-state index contributed by atoms with van der Waals surface area (Å²) in [7, 11) is 0. The van der Waals surface area contributed by atoms with Gasteiger partial charge < -0.3 is 5.11 Å². The molecule has 0 radical (unpaired) electrons. The number of alkyl halides is 3. The highest BCUT2D eigenvalue weighted by Crippen LogP contribution is 2.31. The number of carbonyl (C=O) groups excluding carboxylic acids is 1. The number of rotatable bonds is 3. The molecule has 0 aromatic heterocycles. The van der Waals surface area contributed by atoms with Gasteiger partial charge in [0, 0.05) is 5.56 Å². The van der Waals surface area contributed by atoms with Crippen LogP contribution in [-0.2, 0) is 6.18 Å². The first-order chi connectivity index (χ1) is 10.8. The average Bonchev–Trinajstić information content (AvgIpc) is 2.49. The summed E-state index contributed by atoms with van der Waals surface area (Å²) in [5, 5.41) is 13.3. The van der Waals surface area contributed by atoms with Crippen LogP contribution in [0.15, 0.2) is 47.6 Å². The van der Waals surface area contributed by atoms with E-state index in [0.717, 1.165) is 12.3 Å². The van der Waals surface area contributed by atoms with Crippen molar-refractivity contribution >= 4 is 12.1 Å². The molecular formula is C16H13F3N2O2. The first-order valence-electron chi connectivity index (χ1n) is 6.59. The second kappa shape index (κ2) is 6.51. The van der Waals surface area contributed by atoms with Crippen molar-refractivity contribution in [3.63, 3.8) is 0 Å². The number of nitrogens with one attached hydrogen (secondary N) is 1. The Morgan fingerprint density at radius 3 is 2.57 bits per heavy atom. The normalized spacial score (nSPS) is 11.7. The Morgan fingerprint density at radius 1 is 1.17 bits per heavy atom. The quantitative estimate of drug-likeness (QED) is 0.671. The molecular weight excluding hydrogens is 309 g/mol. The lowest BCUT2D eigenvalue weighted by molar-refractivity contribution is -0.137. The van der Waals surface area contributed by atoms with Gasteiger partial charge in [-0.1, -0.05) is 30.3 Å². The summed E-state index contributed by atoms with van der Waals surface area (Å²) >= 11 is 0. The number of phenolic OH excluding ortho intramolecular Hbond substituents is 1. The number of halogens is 3. The number of hydrogen-bond acceptors (Lipinski definition) is 3. The number of para-hydroxylation sites is 1. The number of aryl methyl sites for hydroxylation is 1. The number of benzene rings is 2. The average molecular weight is 322 g/mol. The molecule has 2 aromatic carbocycles. The van der Waals surface area contributed by atoms with Gasteiger partial charge in [-0.2, -0.15) is 18.3 Å². The Labute approximate surface area is 130 Å². The number of aromatic hydroxyl groups is 1. The molecule has 0 aliphatic heterocycles. The van der Waals surface area contributed by atoms with Crippen LogP contribution in [-0.4, -0.2) is 17.2 Å². The lowest BCUT2D eigenvalue weighted by Crippen LogP contribution is -2.18. The van der Waals surface area contributed by atoms with Crippen molar-refractivity contribution in [3.05, 3.63) is 64.7 Å². The summed E-state index contributed by atoms with van der Waals surface area (Å²) < 4.78 is 38.4. The molecule has 2 aromatic rings. The molecule has 0 saturated heterocycles. The first-order valence-corrected chi connectivity index (χ1v) is 6.59. The second-order valence-electron chi connectivity index (χ2n) is 4.76. The van der Waals surface area contributed by atoms with Crippen molar-refractivity contribution in [2.24, 2.45) is 5.10 Å². The smallest absolute Gasteiger partial charge is 0.417 e. The topological polar surface area (TPSA) is 61.7 Å². The van der Waals surface area contributed by atoms with Crippen LogP contribution < -0.4 is 5.43 Å². The summed E-state index contributed by atoms with van der Waals surface area (Å²) in [6.07, 6.45) is -3.60. The van der Waals surface area contributed by atoms with E-state index in [-0.39, 0.29) is 16.9 Å². The zero-order valence-electron chi connectivity index (χ0n) is 12.1. The summed E-state index contributed by atoms with van der Waals surface area (Å²) in [4.78, 5) is 11.9. The summed E-state index contributed by atoms with van der Waals surface area (Å²) in [5.74, 6) is -0.914. The molecule has 0 heterocycles. The van der Waals surface area contributed by atoms with E-state index >= 15 is 0 Å². The van der Waals surface area contributed by atoms with Crippen molar-refractivity contribution in [2.45, 2.75) is 13.1 Å². The van der Waals surface area contributed by atoms with Gasteiger partial charge in [-0.25, -0.2) is 5.43 Å². The third-order valence-electron chi connectivity index (χ3n) is 3.12. The molecule has 0 fully saturated rings. The van der Waals surface area contributed by atoms with Gasteiger partial charge in [0.25, 0.3) is 5.91 Å². The molecule has 0 saturated carbocycles. The molecule has 0 aliphatic rings. The molecule has 120 valence electrons. The molecule has 0 atom stereocenters. The van der Waals surface area contributed by atoms with E-state index in [1.54, 1.807) is 19.1 Å². The molecule has 0 spiro atoms. The Morgan fingerprint density at radius 2 is 1.87 bits per heavy atom. The SMILES string of the molecule is Cc1cccc(C(=O)N/N=C/c2ccccc2C(F)(F)F)c1O. The van der Waals surface area contributed by atoms with Gasteiger partial charge in [0.2, 0.25) is 0 Å². The van der Waals surface area contributed by atoms with Crippen LogP contribution in [0.4, 0.5) is 13.2 Å². The Balaban J connectivity index is 2.17. The van der Waals surface area contributed by atoms with Gasteiger partial charge in [-0.15, -0.1) is 0 Å². The molecule has 2 N–H and O–H groups in total. The summed E-state index contributed by atoms with van der Waals surface area (Å²) in [6.45, 7) is 1.62. The minimum Gasteiger partial charge on any atom is -0.507 e. The third kappa shape index (κ3) is 3.88. The van der Waals surface area contributed by atoms with Gasteiger partial charge >= 0.3 is 6.18 Å². The molecule has 7 heteroatoms. The molecule has 2 rings (SSSR count). The van der Waals surface area contributed by atoms with E-state index in [2.05, 4.69) is 10.5 Å². The number of phenols is 1. The molecule has 23 heavy (non-hydrogen) atoms. The predicted molar refractivity (Wildman–Crippen MR) is 79.3 cm³/mol. The molecule has 4 nitrogen and oxygen atoms in total. The van der Waals surface area contributed by atoms with Crippen LogP contribution in [0.1, 0.15) is 27.0 Å². The van der Waals surface area contributed by atoms with Crippen molar-refractivity contribution in [2.75, 3.05) is 0 Å². The van der Waals surface area contributed by atoms with E-state index in [1.807, 2.05) is 0 Å². The van der Waals surface area contributed by atoms with E-state index in [1.165, 1.54) is 24.3 Å². The lowest BCUT2D eigenvalue weighted by atomic mass is 10.1. The van der Waals surface area contributed by atoms with Crippen LogP contribution in [0.3, 0.4) is 0 Å². The van der Waals surface area contributed by atoms with Crippen molar-refractivity contribution < 1.29 is 23.1 Å². The molecule has 0 unspecified atom stereocenters. The van der Waals surface area contributed by atoms with Crippen molar-refractivity contribution in [3.8, 4) is 5.75 Å². The number of amides is 1. The fraction of sp³-hybridized carbons (Fsp3) is 0.125. The zero-order valence-corrected chi connectivity index (χ0v) is 12.1. The van der Waals surface area contributed by atoms with Crippen LogP contribution in [0.2, 0.25) is 0 Å². The maximum absolute atomic E-state index is 12.8. The van der Waals surface area contributed by atoms with Gasteiger partial charge in [-0.05, 0) is 24.6 Å². The van der Waals surface area contributed by atoms with E-state index < -0.39 is 17.6 Å². The number of hydrogen-bond donors (Lipinski definition) is 2. The van der Waals surface area contributed by atoms with Crippen LogP contribution >= 0.6 is 0 Å². The fourth-order valence-corrected chi connectivity index (χ4v) is 1.93. The van der Waals surface area contributed by atoms with Gasteiger partial charge in [-0.3, -0.25) is 4.79 Å². The number of nitrogens with zero attached hydrogens (tertiary/aromatic N) is 1. The van der Waals surface area contributed by atoms with Gasteiger partial charge in [0.1, 0.15) is 5.75 Å². The highest BCUT2D eigenvalue weighted by atomic mass is 19.4. The highest BCUT2D eigenvalue weighted by Gasteiger charge is 2.32. The minimum atomic E-state index is -4.51. The van der Waals surface area contributed by atoms with E-state index in [0.29, 0.717) is 5.56 Å². The van der Waals surface area contributed by atoms with Crippen LogP contribution in [0, 0.1) is 6.92 Å². The van der Waals surface area contributed by atoms with Crippen LogP contribution in [0.5, 0.6) is 5.75 Å². The molecule has 0 aliphatic carbocycles.